The zero-order chi connectivity index (χ0) is 10.1. The van der Waals surface area contributed by atoms with Crippen LogP contribution in [0.5, 0.6) is 5.75 Å². The van der Waals surface area contributed by atoms with Crippen molar-refractivity contribution in [1.82, 2.24) is 5.32 Å². The molecular formula is C13H17NO. The first-order valence-electron chi connectivity index (χ1n) is 5.84. The van der Waals surface area contributed by atoms with E-state index in [0.717, 1.165) is 25.3 Å². The molecule has 0 aliphatic carbocycles. The summed E-state index contributed by atoms with van der Waals surface area (Å²) in [5, 5.41) is 3.65. The minimum Gasteiger partial charge on any atom is -0.491 e. The molecule has 2 heterocycles. The van der Waals surface area contributed by atoms with Gasteiger partial charge < -0.3 is 10.1 Å². The summed E-state index contributed by atoms with van der Waals surface area (Å²) >= 11 is 0. The van der Waals surface area contributed by atoms with Gasteiger partial charge in [0.05, 0.1) is 5.54 Å². The lowest BCUT2D eigenvalue weighted by atomic mass is 9.82. The standard InChI is InChI=1S/C13H17NO/c1-2-6-12-11(5-1)9-13(10-15-12)7-3-4-8-14-13/h1-2,5-6,14H,3-4,7-10H2/t13-/m1/s1. The van der Waals surface area contributed by atoms with E-state index >= 15 is 0 Å². The number of rotatable bonds is 0. The highest BCUT2D eigenvalue weighted by Gasteiger charge is 2.36. The Balaban J connectivity index is 1.87. The third-order valence-corrected chi connectivity index (χ3v) is 3.59. The molecule has 2 nitrogen and oxygen atoms in total. The first kappa shape index (κ1) is 9.22. The molecule has 1 fully saturated rings. The van der Waals surface area contributed by atoms with Crippen molar-refractivity contribution in [2.45, 2.75) is 31.2 Å². The van der Waals surface area contributed by atoms with Crippen molar-refractivity contribution in [2.75, 3.05) is 13.2 Å². The summed E-state index contributed by atoms with van der Waals surface area (Å²) in [6.45, 7) is 1.98. The molecule has 80 valence electrons. The van der Waals surface area contributed by atoms with E-state index in [1.165, 1.54) is 24.8 Å². The number of nitrogens with one attached hydrogen (secondary N) is 1. The summed E-state index contributed by atoms with van der Waals surface area (Å²) in [5.41, 5.74) is 1.59. The zero-order valence-corrected chi connectivity index (χ0v) is 8.96. The molecule has 1 spiro atoms. The van der Waals surface area contributed by atoms with Crippen LogP contribution in [-0.2, 0) is 6.42 Å². The van der Waals surface area contributed by atoms with E-state index in [-0.39, 0.29) is 5.54 Å². The van der Waals surface area contributed by atoms with Gasteiger partial charge in [-0.3, -0.25) is 0 Å². The molecule has 1 aromatic rings. The molecule has 1 N–H and O–H groups in total. The monoisotopic (exact) mass is 203 g/mol. The van der Waals surface area contributed by atoms with Crippen LogP contribution >= 0.6 is 0 Å². The Bertz CT molecular complexity index is 355. The van der Waals surface area contributed by atoms with Gasteiger partial charge in [0.15, 0.2) is 0 Å². The SMILES string of the molecule is c1ccc2c(c1)C[C@]1(CCCCN1)CO2. The van der Waals surface area contributed by atoms with Gasteiger partial charge in [-0.15, -0.1) is 0 Å². The summed E-state index contributed by atoms with van der Waals surface area (Å²) in [5.74, 6) is 1.08. The van der Waals surface area contributed by atoms with Gasteiger partial charge in [-0.25, -0.2) is 0 Å². The molecular weight excluding hydrogens is 186 g/mol. The minimum absolute atomic E-state index is 0.229. The number of hydrogen-bond donors (Lipinski definition) is 1. The van der Waals surface area contributed by atoms with Gasteiger partial charge in [-0.05, 0) is 37.4 Å². The Morgan fingerprint density at radius 1 is 1.20 bits per heavy atom. The highest BCUT2D eigenvalue weighted by Crippen LogP contribution is 2.33. The molecule has 0 bridgehead atoms. The fourth-order valence-electron chi connectivity index (χ4n) is 2.73. The van der Waals surface area contributed by atoms with Crippen molar-refractivity contribution in [3.8, 4) is 5.75 Å². The van der Waals surface area contributed by atoms with E-state index in [0.29, 0.717) is 0 Å². The van der Waals surface area contributed by atoms with Crippen LogP contribution in [0.15, 0.2) is 24.3 Å². The van der Waals surface area contributed by atoms with Crippen LogP contribution in [0, 0.1) is 0 Å². The molecule has 2 aliphatic heterocycles. The second kappa shape index (κ2) is 3.53. The van der Waals surface area contributed by atoms with Gasteiger partial charge in [-0.2, -0.15) is 0 Å². The van der Waals surface area contributed by atoms with Gasteiger partial charge in [-0.1, -0.05) is 24.6 Å². The molecule has 1 atom stereocenters. The van der Waals surface area contributed by atoms with E-state index in [1.54, 1.807) is 0 Å². The second-order valence-electron chi connectivity index (χ2n) is 4.74. The lowest BCUT2D eigenvalue weighted by Gasteiger charge is -2.41. The molecule has 0 radical (unpaired) electrons. The number of hydrogen-bond acceptors (Lipinski definition) is 2. The third kappa shape index (κ3) is 1.63. The molecule has 0 aromatic heterocycles. The Labute approximate surface area is 90.6 Å². The van der Waals surface area contributed by atoms with Crippen LogP contribution in [0.4, 0.5) is 0 Å². The molecule has 3 rings (SSSR count). The third-order valence-electron chi connectivity index (χ3n) is 3.59. The lowest BCUT2D eigenvalue weighted by molar-refractivity contribution is 0.127. The normalized spacial score (nSPS) is 29.6. The maximum Gasteiger partial charge on any atom is 0.122 e. The number of benzene rings is 1. The Morgan fingerprint density at radius 2 is 2.13 bits per heavy atom. The van der Waals surface area contributed by atoms with Gasteiger partial charge in [0.2, 0.25) is 0 Å². The topological polar surface area (TPSA) is 21.3 Å². The number of piperidine rings is 1. The van der Waals surface area contributed by atoms with Crippen LogP contribution in [0.2, 0.25) is 0 Å². The van der Waals surface area contributed by atoms with Gasteiger partial charge in [0.25, 0.3) is 0 Å². The van der Waals surface area contributed by atoms with Crippen molar-refractivity contribution >= 4 is 0 Å². The van der Waals surface area contributed by atoms with Gasteiger partial charge in [0, 0.05) is 0 Å². The minimum atomic E-state index is 0.229. The average molecular weight is 203 g/mol. The van der Waals surface area contributed by atoms with Crippen LogP contribution in [-0.4, -0.2) is 18.7 Å². The average Bonchev–Trinajstić information content (AvgIpc) is 2.30. The van der Waals surface area contributed by atoms with Crippen molar-refractivity contribution in [3.63, 3.8) is 0 Å². The summed E-state index contributed by atoms with van der Waals surface area (Å²) in [6, 6.07) is 8.41. The van der Waals surface area contributed by atoms with Crippen LogP contribution in [0.25, 0.3) is 0 Å². The first-order valence-corrected chi connectivity index (χ1v) is 5.84. The number of para-hydroxylation sites is 1. The van der Waals surface area contributed by atoms with E-state index in [2.05, 4.69) is 23.5 Å². The predicted molar refractivity (Wildman–Crippen MR) is 60.2 cm³/mol. The lowest BCUT2D eigenvalue weighted by Crippen LogP contribution is -2.56. The summed E-state index contributed by atoms with van der Waals surface area (Å²) in [6.07, 6.45) is 5.02. The fourth-order valence-corrected chi connectivity index (χ4v) is 2.73. The van der Waals surface area contributed by atoms with Crippen molar-refractivity contribution in [1.29, 1.82) is 0 Å². The molecule has 0 unspecified atom stereocenters. The molecule has 1 saturated heterocycles. The number of fused-ring (bicyclic) bond motifs is 1. The number of ether oxygens (including phenoxy) is 1. The zero-order valence-electron chi connectivity index (χ0n) is 8.96. The van der Waals surface area contributed by atoms with Crippen molar-refractivity contribution in [3.05, 3.63) is 29.8 Å². The summed E-state index contributed by atoms with van der Waals surface area (Å²) < 4.78 is 5.85. The molecule has 2 heteroatoms. The van der Waals surface area contributed by atoms with Crippen LogP contribution < -0.4 is 10.1 Å². The molecule has 1 aromatic carbocycles. The smallest absolute Gasteiger partial charge is 0.122 e. The highest BCUT2D eigenvalue weighted by molar-refractivity contribution is 5.37. The van der Waals surface area contributed by atoms with Gasteiger partial charge in [0.1, 0.15) is 12.4 Å². The van der Waals surface area contributed by atoms with Crippen LogP contribution in [0.3, 0.4) is 0 Å². The van der Waals surface area contributed by atoms with E-state index < -0.39 is 0 Å². The maximum atomic E-state index is 5.85. The van der Waals surface area contributed by atoms with E-state index in [9.17, 15) is 0 Å². The predicted octanol–water partition coefficient (Wildman–Crippen LogP) is 2.13. The molecule has 15 heavy (non-hydrogen) atoms. The molecule has 0 amide bonds. The Hall–Kier alpha value is -1.02. The van der Waals surface area contributed by atoms with Crippen LogP contribution in [0.1, 0.15) is 24.8 Å². The Kier molecular flexibility index (Phi) is 2.17. The second-order valence-corrected chi connectivity index (χ2v) is 4.74. The largest absolute Gasteiger partial charge is 0.491 e. The first-order chi connectivity index (χ1) is 7.38. The van der Waals surface area contributed by atoms with E-state index in [4.69, 9.17) is 4.74 Å². The van der Waals surface area contributed by atoms with Gasteiger partial charge >= 0.3 is 0 Å². The van der Waals surface area contributed by atoms with Crippen molar-refractivity contribution in [2.24, 2.45) is 0 Å². The fraction of sp³-hybridized carbons (Fsp3) is 0.538. The van der Waals surface area contributed by atoms with Crippen molar-refractivity contribution < 1.29 is 4.74 Å². The Morgan fingerprint density at radius 3 is 3.00 bits per heavy atom. The summed E-state index contributed by atoms with van der Waals surface area (Å²) in [7, 11) is 0. The highest BCUT2D eigenvalue weighted by atomic mass is 16.5. The molecule has 0 saturated carbocycles. The maximum absolute atomic E-state index is 5.85. The van der Waals surface area contributed by atoms with E-state index in [1.807, 2.05) is 6.07 Å². The quantitative estimate of drug-likeness (QED) is 0.697. The molecule has 2 aliphatic rings. The summed E-state index contributed by atoms with van der Waals surface area (Å²) in [4.78, 5) is 0.